The van der Waals surface area contributed by atoms with E-state index in [0.29, 0.717) is 11.4 Å². The molecule has 2 aromatic heterocycles. The summed E-state index contributed by atoms with van der Waals surface area (Å²) in [6.07, 6.45) is 0. The number of thiophene rings is 1. The Labute approximate surface area is 179 Å². The number of nitrogens with one attached hydrogen (secondary N) is 1. The van der Waals surface area contributed by atoms with Gasteiger partial charge in [-0.15, -0.1) is 11.3 Å². The van der Waals surface area contributed by atoms with Gasteiger partial charge in [-0.1, -0.05) is 13.8 Å². The molecule has 0 aliphatic carbocycles. The number of anilines is 1. The Morgan fingerprint density at radius 1 is 1.03 bits per heavy atom. The lowest BCUT2D eigenvalue weighted by Crippen LogP contribution is -2.21. The van der Waals surface area contributed by atoms with Crippen molar-refractivity contribution in [3.63, 3.8) is 0 Å². The molecule has 1 N–H and O–H groups in total. The summed E-state index contributed by atoms with van der Waals surface area (Å²) in [7, 11) is -1.91. The van der Waals surface area contributed by atoms with Crippen LogP contribution < -0.4 is 10.3 Å². The average molecular weight is 442 g/mol. The fourth-order valence-corrected chi connectivity index (χ4v) is 5.52. The lowest BCUT2D eigenvalue weighted by molar-refractivity contribution is 0.601. The summed E-state index contributed by atoms with van der Waals surface area (Å²) in [5, 5.41) is 2.97. The second-order valence-corrected chi connectivity index (χ2v) is 10.2. The van der Waals surface area contributed by atoms with Crippen LogP contribution in [0.4, 0.5) is 5.69 Å². The van der Waals surface area contributed by atoms with Crippen LogP contribution in [0.15, 0.2) is 63.6 Å². The quantitative estimate of drug-likeness (QED) is 0.491. The van der Waals surface area contributed by atoms with Crippen molar-refractivity contribution in [3.8, 4) is 5.69 Å². The van der Waals surface area contributed by atoms with Crippen molar-refractivity contribution < 1.29 is 8.42 Å². The Morgan fingerprint density at radius 2 is 1.73 bits per heavy atom. The first-order valence-electron chi connectivity index (χ1n) is 9.58. The molecule has 2 heterocycles. The average Bonchev–Trinajstić information content (AvgIpc) is 3.23. The molecule has 0 aliphatic rings. The van der Waals surface area contributed by atoms with Crippen LogP contribution in [0.25, 0.3) is 15.8 Å². The van der Waals surface area contributed by atoms with Crippen molar-refractivity contribution in [2.45, 2.75) is 31.6 Å². The van der Waals surface area contributed by atoms with E-state index in [9.17, 15) is 13.2 Å². The maximum Gasteiger partial charge on any atom is 0.275 e. The lowest BCUT2D eigenvalue weighted by Gasteiger charge is -2.11. The number of aromatic nitrogens is 2. The first-order chi connectivity index (χ1) is 14.2. The highest BCUT2D eigenvalue weighted by Crippen LogP contribution is 2.26. The van der Waals surface area contributed by atoms with E-state index in [1.165, 1.54) is 12.1 Å². The SMILES string of the molecule is Cc1c(C(C)C)c(=O)n(-c2ccc(S(=O)(=O)Nc3ccc4sccc4c3)cc2)n1C. The van der Waals surface area contributed by atoms with Crippen LogP contribution in [0.3, 0.4) is 0 Å². The third kappa shape index (κ3) is 3.46. The van der Waals surface area contributed by atoms with E-state index in [0.717, 1.165) is 21.3 Å². The van der Waals surface area contributed by atoms with E-state index in [1.807, 2.05) is 51.4 Å². The molecule has 0 unspecified atom stereocenters. The van der Waals surface area contributed by atoms with Gasteiger partial charge >= 0.3 is 0 Å². The normalized spacial score (nSPS) is 12.0. The third-order valence-corrected chi connectivity index (χ3v) is 7.57. The highest BCUT2D eigenvalue weighted by atomic mass is 32.2. The van der Waals surface area contributed by atoms with Crippen molar-refractivity contribution in [1.82, 2.24) is 9.36 Å². The highest BCUT2D eigenvalue weighted by molar-refractivity contribution is 7.92. The number of hydrogen-bond acceptors (Lipinski definition) is 4. The topological polar surface area (TPSA) is 73.1 Å². The highest BCUT2D eigenvalue weighted by Gasteiger charge is 2.19. The van der Waals surface area contributed by atoms with E-state index in [-0.39, 0.29) is 16.4 Å². The minimum absolute atomic E-state index is 0.0807. The van der Waals surface area contributed by atoms with Gasteiger partial charge in [-0.3, -0.25) is 14.2 Å². The summed E-state index contributed by atoms with van der Waals surface area (Å²) in [5.74, 6) is 0.106. The van der Waals surface area contributed by atoms with Crippen LogP contribution in [-0.2, 0) is 17.1 Å². The lowest BCUT2D eigenvalue weighted by atomic mass is 10.0. The van der Waals surface area contributed by atoms with Crippen molar-refractivity contribution in [2.24, 2.45) is 7.05 Å². The molecule has 0 amide bonds. The van der Waals surface area contributed by atoms with Gasteiger partial charge in [-0.05, 0) is 72.1 Å². The number of nitrogens with zero attached hydrogens (tertiary/aromatic N) is 2. The predicted molar refractivity (Wildman–Crippen MR) is 122 cm³/mol. The van der Waals surface area contributed by atoms with E-state index in [4.69, 9.17) is 0 Å². The first-order valence-corrected chi connectivity index (χ1v) is 11.9. The zero-order chi connectivity index (χ0) is 21.6. The van der Waals surface area contributed by atoms with Gasteiger partial charge in [0.25, 0.3) is 15.6 Å². The van der Waals surface area contributed by atoms with Crippen molar-refractivity contribution >= 4 is 37.1 Å². The molecule has 6 nitrogen and oxygen atoms in total. The van der Waals surface area contributed by atoms with Crippen LogP contribution in [0.1, 0.15) is 31.0 Å². The maximum atomic E-state index is 12.9. The molecule has 8 heteroatoms. The molecular weight excluding hydrogens is 418 g/mol. The van der Waals surface area contributed by atoms with Gasteiger partial charge in [0, 0.05) is 28.7 Å². The summed E-state index contributed by atoms with van der Waals surface area (Å²) >= 11 is 1.61. The predicted octanol–water partition coefficient (Wildman–Crippen LogP) is 4.62. The molecule has 0 fully saturated rings. The van der Waals surface area contributed by atoms with Gasteiger partial charge in [0.2, 0.25) is 0 Å². The zero-order valence-corrected chi connectivity index (χ0v) is 18.8. The Bertz CT molecular complexity index is 1390. The Hall–Kier alpha value is -2.84. The van der Waals surface area contributed by atoms with E-state index < -0.39 is 10.0 Å². The van der Waals surface area contributed by atoms with Crippen LogP contribution in [0, 0.1) is 6.92 Å². The number of benzene rings is 2. The number of fused-ring (bicyclic) bond motifs is 1. The van der Waals surface area contributed by atoms with Gasteiger partial charge in [-0.2, -0.15) is 0 Å². The number of sulfonamides is 1. The largest absolute Gasteiger partial charge is 0.285 e. The van der Waals surface area contributed by atoms with Crippen LogP contribution >= 0.6 is 11.3 Å². The van der Waals surface area contributed by atoms with Crippen LogP contribution in [0.2, 0.25) is 0 Å². The number of rotatable bonds is 5. The molecule has 0 saturated carbocycles. The summed E-state index contributed by atoms with van der Waals surface area (Å²) < 4.78 is 32.7. The van der Waals surface area contributed by atoms with E-state index >= 15 is 0 Å². The van der Waals surface area contributed by atoms with Crippen LogP contribution in [0.5, 0.6) is 0 Å². The summed E-state index contributed by atoms with van der Waals surface area (Å²) in [6, 6.07) is 13.8. The molecule has 0 aliphatic heterocycles. The minimum atomic E-state index is -3.74. The van der Waals surface area contributed by atoms with Gasteiger partial charge in [0.1, 0.15) is 0 Å². The maximum absolute atomic E-state index is 12.9. The van der Waals surface area contributed by atoms with Gasteiger partial charge in [-0.25, -0.2) is 13.1 Å². The van der Waals surface area contributed by atoms with Gasteiger partial charge < -0.3 is 0 Å². The first kappa shape index (κ1) is 20.4. The van der Waals surface area contributed by atoms with Gasteiger partial charge in [0.15, 0.2) is 0 Å². The summed E-state index contributed by atoms with van der Waals surface area (Å²) in [6.45, 7) is 5.89. The van der Waals surface area contributed by atoms with Crippen molar-refractivity contribution in [1.29, 1.82) is 0 Å². The van der Waals surface area contributed by atoms with Gasteiger partial charge in [0.05, 0.1) is 10.6 Å². The summed E-state index contributed by atoms with van der Waals surface area (Å²) in [5.41, 5.74) is 2.72. The summed E-state index contributed by atoms with van der Waals surface area (Å²) in [4.78, 5) is 13.0. The molecule has 4 aromatic rings. The molecule has 0 atom stereocenters. The fourth-order valence-electron chi connectivity index (χ4n) is 3.70. The Kier molecular flexibility index (Phi) is 5.07. The molecule has 2 aromatic carbocycles. The Morgan fingerprint density at radius 3 is 2.37 bits per heavy atom. The molecule has 30 heavy (non-hydrogen) atoms. The Balaban J connectivity index is 1.66. The zero-order valence-electron chi connectivity index (χ0n) is 17.2. The fraction of sp³-hybridized carbons (Fsp3) is 0.227. The monoisotopic (exact) mass is 441 g/mol. The molecule has 156 valence electrons. The molecule has 0 radical (unpaired) electrons. The van der Waals surface area contributed by atoms with Crippen molar-refractivity contribution in [3.05, 3.63) is 75.5 Å². The van der Waals surface area contributed by atoms with E-state index in [1.54, 1.807) is 38.9 Å². The molecule has 0 spiro atoms. The molecule has 4 rings (SSSR count). The second kappa shape index (κ2) is 7.45. The van der Waals surface area contributed by atoms with E-state index in [2.05, 4.69) is 4.72 Å². The minimum Gasteiger partial charge on any atom is -0.285 e. The molecule has 0 bridgehead atoms. The standard InChI is InChI=1S/C22H23N3O3S2/c1-14(2)21-15(3)24(4)25(22(21)26)18-6-8-19(9-7-18)30(27,28)23-17-5-10-20-16(13-17)11-12-29-20/h5-14,23H,1-4H3. The second-order valence-electron chi connectivity index (χ2n) is 7.57. The van der Waals surface area contributed by atoms with Crippen molar-refractivity contribution in [2.75, 3.05) is 4.72 Å². The smallest absolute Gasteiger partial charge is 0.275 e. The third-order valence-electron chi connectivity index (χ3n) is 5.27. The molecular formula is C22H23N3O3S2. The van der Waals surface area contributed by atoms with Crippen LogP contribution in [-0.4, -0.2) is 17.8 Å². The molecule has 0 saturated heterocycles. The number of hydrogen-bond donors (Lipinski definition) is 1.